The first kappa shape index (κ1) is 11.0. The zero-order valence-corrected chi connectivity index (χ0v) is 9.44. The van der Waals surface area contributed by atoms with Crippen LogP contribution in [0.2, 0.25) is 0 Å². The molecular weight excluding hydrogens is 179 g/mol. The molecule has 0 amide bonds. The van der Waals surface area contributed by atoms with E-state index in [0.717, 1.165) is 5.56 Å². The smallest absolute Gasteiger partial charge is 0.129 e. The molecule has 0 aliphatic rings. The molecule has 0 saturated carbocycles. The van der Waals surface area contributed by atoms with Crippen molar-refractivity contribution in [3.05, 3.63) is 29.1 Å². The number of rotatable bonds is 1. The van der Waals surface area contributed by atoms with Gasteiger partial charge in [-0.05, 0) is 29.5 Å². The van der Waals surface area contributed by atoms with Gasteiger partial charge in [-0.2, -0.15) is 0 Å². The maximum absolute atomic E-state index is 13.3. The first-order valence-corrected chi connectivity index (χ1v) is 4.71. The van der Waals surface area contributed by atoms with Crippen molar-refractivity contribution in [3.8, 4) is 5.75 Å². The van der Waals surface area contributed by atoms with Crippen molar-refractivity contribution in [3.63, 3.8) is 0 Å². The number of ether oxygens (including phenoxy) is 1. The van der Waals surface area contributed by atoms with Gasteiger partial charge in [-0.15, -0.1) is 0 Å². The van der Waals surface area contributed by atoms with Gasteiger partial charge in [0.1, 0.15) is 11.6 Å². The first-order valence-electron chi connectivity index (χ1n) is 4.71. The van der Waals surface area contributed by atoms with Crippen molar-refractivity contribution < 1.29 is 9.13 Å². The van der Waals surface area contributed by atoms with E-state index in [1.54, 1.807) is 14.0 Å². The Bertz CT molecular complexity index is 337. The van der Waals surface area contributed by atoms with Crippen LogP contribution in [0, 0.1) is 12.7 Å². The minimum Gasteiger partial charge on any atom is -0.496 e. The fourth-order valence-corrected chi connectivity index (χ4v) is 1.42. The summed E-state index contributed by atoms with van der Waals surface area (Å²) in [5.74, 6) is 0.412. The van der Waals surface area contributed by atoms with Gasteiger partial charge in [0.25, 0.3) is 0 Å². The predicted molar refractivity (Wildman–Crippen MR) is 56.4 cm³/mol. The van der Waals surface area contributed by atoms with Crippen LogP contribution in [0.5, 0.6) is 5.75 Å². The second-order valence-corrected chi connectivity index (χ2v) is 4.55. The molecule has 0 heterocycles. The van der Waals surface area contributed by atoms with Crippen LogP contribution < -0.4 is 4.74 Å². The molecule has 0 fully saturated rings. The Labute approximate surface area is 84.9 Å². The summed E-state index contributed by atoms with van der Waals surface area (Å²) in [5.41, 5.74) is 1.68. The molecule has 0 aliphatic heterocycles. The normalized spacial score (nSPS) is 11.6. The zero-order chi connectivity index (χ0) is 10.9. The second kappa shape index (κ2) is 3.60. The van der Waals surface area contributed by atoms with Gasteiger partial charge < -0.3 is 4.74 Å². The van der Waals surface area contributed by atoms with Crippen LogP contribution in [0.3, 0.4) is 0 Å². The van der Waals surface area contributed by atoms with Crippen LogP contribution in [-0.4, -0.2) is 7.11 Å². The van der Waals surface area contributed by atoms with Crippen LogP contribution in [0.25, 0.3) is 0 Å². The molecule has 0 spiro atoms. The van der Waals surface area contributed by atoms with Gasteiger partial charge in [0.05, 0.1) is 7.11 Å². The third-order valence-corrected chi connectivity index (χ3v) is 2.29. The molecule has 78 valence electrons. The van der Waals surface area contributed by atoms with Gasteiger partial charge >= 0.3 is 0 Å². The van der Waals surface area contributed by atoms with Crippen LogP contribution >= 0.6 is 0 Å². The molecule has 0 radical (unpaired) electrons. The lowest BCUT2D eigenvalue weighted by molar-refractivity contribution is 0.393. The minimum absolute atomic E-state index is 0.0240. The Morgan fingerprint density at radius 2 is 1.79 bits per heavy atom. The van der Waals surface area contributed by atoms with Crippen LogP contribution in [-0.2, 0) is 5.41 Å². The van der Waals surface area contributed by atoms with Crippen molar-refractivity contribution in [2.24, 2.45) is 0 Å². The molecule has 1 rings (SSSR count). The largest absolute Gasteiger partial charge is 0.496 e. The Morgan fingerprint density at radius 3 is 2.21 bits per heavy atom. The van der Waals surface area contributed by atoms with E-state index in [1.807, 2.05) is 6.07 Å². The Balaban J connectivity index is 3.35. The highest BCUT2D eigenvalue weighted by atomic mass is 19.1. The third kappa shape index (κ3) is 2.06. The standard InChI is InChI=1S/C12H17FO/c1-8-6-9(12(2,3)4)11(14-5)7-10(8)13/h6-7H,1-5H3. The lowest BCUT2D eigenvalue weighted by Gasteiger charge is -2.22. The first-order chi connectivity index (χ1) is 6.36. The van der Waals surface area contributed by atoms with Crippen LogP contribution in [0.15, 0.2) is 12.1 Å². The molecule has 1 aromatic rings. The lowest BCUT2D eigenvalue weighted by Crippen LogP contribution is -2.13. The van der Waals surface area contributed by atoms with Crippen LogP contribution in [0.1, 0.15) is 31.9 Å². The number of methoxy groups -OCH3 is 1. The Hall–Kier alpha value is -1.05. The molecule has 14 heavy (non-hydrogen) atoms. The SMILES string of the molecule is COc1cc(F)c(C)cc1C(C)(C)C. The monoisotopic (exact) mass is 196 g/mol. The van der Waals surface area contributed by atoms with E-state index in [4.69, 9.17) is 4.74 Å². The summed E-state index contributed by atoms with van der Waals surface area (Å²) in [6, 6.07) is 3.31. The fourth-order valence-electron chi connectivity index (χ4n) is 1.42. The molecule has 0 N–H and O–H groups in total. The van der Waals surface area contributed by atoms with Gasteiger partial charge in [0, 0.05) is 6.07 Å². The van der Waals surface area contributed by atoms with Gasteiger partial charge in [-0.3, -0.25) is 0 Å². The minimum atomic E-state index is -0.213. The van der Waals surface area contributed by atoms with E-state index in [2.05, 4.69) is 20.8 Å². The molecule has 0 atom stereocenters. The average Bonchev–Trinajstić information content (AvgIpc) is 2.07. The molecule has 2 heteroatoms. The van der Waals surface area contributed by atoms with Crippen molar-refractivity contribution >= 4 is 0 Å². The van der Waals surface area contributed by atoms with E-state index in [-0.39, 0.29) is 11.2 Å². The van der Waals surface area contributed by atoms with Gasteiger partial charge in [-0.1, -0.05) is 20.8 Å². The lowest BCUT2D eigenvalue weighted by atomic mass is 9.85. The quantitative estimate of drug-likeness (QED) is 0.668. The molecule has 0 saturated heterocycles. The maximum atomic E-state index is 13.3. The third-order valence-electron chi connectivity index (χ3n) is 2.29. The Kier molecular flexibility index (Phi) is 2.84. The van der Waals surface area contributed by atoms with Crippen LogP contribution in [0.4, 0.5) is 4.39 Å². The number of hydrogen-bond acceptors (Lipinski definition) is 1. The molecule has 0 bridgehead atoms. The molecule has 0 aromatic heterocycles. The van der Waals surface area contributed by atoms with Gasteiger partial charge in [0.15, 0.2) is 0 Å². The van der Waals surface area contributed by atoms with E-state index in [1.165, 1.54) is 6.07 Å². The van der Waals surface area contributed by atoms with E-state index >= 15 is 0 Å². The van der Waals surface area contributed by atoms with Crippen molar-refractivity contribution in [2.45, 2.75) is 33.1 Å². The number of benzene rings is 1. The number of hydrogen-bond donors (Lipinski definition) is 0. The molecule has 1 nitrogen and oxygen atoms in total. The Morgan fingerprint density at radius 1 is 1.21 bits per heavy atom. The highest BCUT2D eigenvalue weighted by molar-refractivity contribution is 5.41. The molecular formula is C12H17FO. The summed E-state index contributed by atoms with van der Waals surface area (Å²) < 4.78 is 18.4. The summed E-state index contributed by atoms with van der Waals surface area (Å²) in [4.78, 5) is 0. The summed E-state index contributed by atoms with van der Waals surface area (Å²) in [5, 5.41) is 0. The summed E-state index contributed by atoms with van der Waals surface area (Å²) >= 11 is 0. The van der Waals surface area contributed by atoms with E-state index < -0.39 is 0 Å². The predicted octanol–water partition coefficient (Wildman–Crippen LogP) is 3.44. The molecule has 0 unspecified atom stereocenters. The highest BCUT2D eigenvalue weighted by Gasteiger charge is 2.20. The number of halogens is 1. The summed E-state index contributed by atoms with van der Waals surface area (Å²) in [7, 11) is 1.57. The highest BCUT2D eigenvalue weighted by Crippen LogP contribution is 2.32. The summed E-state index contributed by atoms with van der Waals surface area (Å²) in [6.45, 7) is 8.02. The molecule has 1 aromatic carbocycles. The fraction of sp³-hybridized carbons (Fsp3) is 0.500. The van der Waals surface area contributed by atoms with Gasteiger partial charge in [0.2, 0.25) is 0 Å². The van der Waals surface area contributed by atoms with E-state index in [0.29, 0.717) is 11.3 Å². The van der Waals surface area contributed by atoms with Crippen molar-refractivity contribution in [1.29, 1.82) is 0 Å². The van der Waals surface area contributed by atoms with Crippen molar-refractivity contribution in [1.82, 2.24) is 0 Å². The van der Waals surface area contributed by atoms with Crippen molar-refractivity contribution in [2.75, 3.05) is 7.11 Å². The van der Waals surface area contributed by atoms with E-state index in [9.17, 15) is 4.39 Å². The molecule has 0 aliphatic carbocycles. The number of aryl methyl sites for hydroxylation is 1. The average molecular weight is 196 g/mol. The zero-order valence-electron chi connectivity index (χ0n) is 9.44. The maximum Gasteiger partial charge on any atom is 0.129 e. The van der Waals surface area contributed by atoms with Gasteiger partial charge in [-0.25, -0.2) is 4.39 Å². The topological polar surface area (TPSA) is 9.23 Å². The second-order valence-electron chi connectivity index (χ2n) is 4.55. The summed E-state index contributed by atoms with van der Waals surface area (Å²) in [6.07, 6.45) is 0.